The van der Waals surface area contributed by atoms with Crippen LogP contribution in [-0.2, 0) is 6.54 Å². The molecule has 3 rings (SSSR count). The quantitative estimate of drug-likeness (QED) is 0.858. The molecule has 0 aliphatic carbocycles. The second-order valence-electron chi connectivity index (χ2n) is 4.84. The molecule has 4 nitrogen and oxygen atoms in total. The molecular formula is C15H18N4S. The third-order valence-electron chi connectivity index (χ3n) is 3.63. The number of fused-ring (bicyclic) bond motifs is 1. The minimum absolute atomic E-state index is 0.138. The van der Waals surface area contributed by atoms with E-state index in [9.17, 15) is 0 Å². The van der Waals surface area contributed by atoms with Crippen LogP contribution in [0.5, 0.6) is 0 Å². The zero-order valence-electron chi connectivity index (χ0n) is 11.5. The van der Waals surface area contributed by atoms with Gasteiger partial charge in [0.25, 0.3) is 0 Å². The summed E-state index contributed by atoms with van der Waals surface area (Å²) in [4.78, 5) is 6.51. The van der Waals surface area contributed by atoms with Crippen LogP contribution in [0.1, 0.15) is 24.2 Å². The van der Waals surface area contributed by atoms with Crippen LogP contribution in [0, 0.1) is 0 Å². The molecule has 0 saturated carbocycles. The summed E-state index contributed by atoms with van der Waals surface area (Å²) in [6, 6.07) is 8.49. The van der Waals surface area contributed by atoms with Gasteiger partial charge in [-0.2, -0.15) is 0 Å². The fraction of sp³-hybridized carbons (Fsp3) is 0.333. The number of rotatable bonds is 2. The number of hydrogen-bond acceptors (Lipinski definition) is 2. The van der Waals surface area contributed by atoms with Crippen molar-refractivity contribution >= 4 is 17.3 Å². The molecule has 1 N–H and O–H groups in total. The number of aromatic nitrogens is 2. The van der Waals surface area contributed by atoms with Crippen LogP contribution in [0.2, 0.25) is 0 Å². The summed E-state index contributed by atoms with van der Waals surface area (Å²) in [5.74, 6) is 0. The Hall–Kier alpha value is -1.88. The Labute approximate surface area is 124 Å². The maximum atomic E-state index is 5.54. The average Bonchev–Trinajstić information content (AvgIpc) is 2.95. The molecule has 2 aromatic heterocycles. The zero-order valence-corrected chi connectivity index (χ0v) is 12.3. The largest absolute Gasteiger partial charge is 0.363 e. The van der Waals surface area contributed by atoms with E-state index < -0.39 is 0 Å². The van der Waals surface area contributed by atoms with Gasteiger partial charge in [-0.15, -0.1) is 0 Å². The molecule has 0 aromatic carbocycles. The van der Waals surface area contributed by atoms with Gasteiger partial charge in [0.05, 0.1) is 6.04 Å². The zero-order chi connectivity index (χ0) is 13.9. The van der Waals surface area contributed by atoms with E-state index in [1.807, 2.05) is 12.3 Å². The molecule has 0 unspecified atom stereocenters. The fourth-order valence-electron chi connectivity index (χ4n) is 2.74. The summed E-state index contributed by atoms with van der Waals surface area (Å²) in [6.07, 6.45) is 5.86. The van der Waals surface area contributed by atoms with Gasteiger partial charge < -0.3 is 14.8 Å². The van der Waals surface area contributed by atoms with Gasteiger partial charge in [0.1, 0.15) is 0 Å². The maximum Gasteiger partial charge on any atom is 0.169 e. The fourth-order valence-corrected chi connectivity index (χ4v) is 3.08. The molecule has 2 aromatic rings. The summed E-state index contributed by atoms with van der Waals surface area (Å²) in [5, 5.41) is 4.08. The van der Waals surface area contributed by atoms with E-state index >= 15 is 0 Å². The predicted octanol–water partition coefficient (Wildman–Crippen LogP) is 2.18. The molecule has 1 aliphatic rings. The van der Waals surface area contributed by atoms with Crippen LogP contribution in [0.3, 0.4) is 0 Å². The molecule has 0 bridgehead atoms. The van der Waals surface area contributed by atoms with Crippen LogP contribution in [0.25, 0.3) is 0 Å². The molecule has 20 heavy (non-hydrogen) atoms. The highest BCUT2D eigenvalue weighted by atomic mass is 32.1. The van der Waals surface area contributed by atoms with E-state index in [4.69, 9.17) is 12.2 Å². The Morgan fingerprint density at radius 3 is 3.05 bits per heavy atom. The molecule has 5 heteroatoms. The Balaban J connectivity index is 2.01. The minimum Gasteiger partial charge on any atom is -0.363 e. The van der Waals surface area contributed by atoms with Crippen LogP contribution in [0.4, 0.5) is 0 Å². The standard InChI is InChI=1S/C15H18N4S/c1-2-17-15(20)19-10-9-18-8-4-6-13(18)14(19)12-5-3-7-16-11-12/h3-8,11,14H,2,9-10H2,1H3,(H,17,20)/t14-/m0/s1. The van der Waals surface area contributed by atoms with Crippen molar-refractivity contribution in [1.29, 1.82) is 0 Å². The van der Waals surface area contributed by atoms with Crippen LogP contribution in [0.15, 0.2) is 42.9 Å². The first-order chi connectivity index (χ1) is 9.81. The summed E-state index contributed by atoms with van der Waals surface area (Å²) >= 11 is 5.54. The van der Waals surface area contributed by atoms with Crippen LogP contribution < -0.4 is 5.32 Å². The number of nitrogens with zero attached hydrogens (tertiary/aromatic N) is 3. The van der Waals surface area contributed by atoms with Gasteiger partial charge in [0.15, 0.2) is 5.11 Å². The summed E-state index contributed by atoms with van der Waals surface area (Å²) < 4.78 is 2.29. The number of pyridine rings is 1. The Kier molecular flexibility index (Phi) is 3.69. The highest BCUT2D eigenvalue weighted by molar-refractivity contribution is 7.80. The van der Waals surface area contributed by atoms with Crippen molar-refractivity contribution in [2.24, 2.45) is 0 Å². The van der Waals surface area contributed by atoms with Crippen molar-refractivity contribution in [2.45, 2.75) is 19.5 Å². The SMILES string of the molecule is CCNC(=S)N1CCn2cccc2[C@@H]1c1cccnc1. The summed E-state index contributed by atoms with van der Waals surface area (Å²) in [5.41, 5.74) is 2.44. The minimum atomic E-state index is 0.138. The van der Waals surface area contributed by atoms with E-state index in [-0.39, 0.29) is 6.04 Å². The summed E-state index contributed by atoms with van der Waals surface area (Å²) in [7, 11) is 0. The van der Waals surface area contributed by atoms with Crippen molar-refractivity contribution in [3.63, 3.8) is 0 Å². The maximum absolute atomic E-state index is 5.54. The van der Waals surface area contributed by atoms with Gasteiger partial charge in [0, 0.05) is 43.9 Å². The van der Waals surface area contributed by atoms with Gasteiger partial charge >= 0.3 is 0 Å². The monoisotopic (exact) mass is 286 g/mol. The van der Waals surface area contributed by atoms with Crippen molar-refractivity contribution in [1.82, 2.24) is 19.8 Å². The molecule has 0 saturated heterocycles. The summed E-state index contributed by atoms with van der Waals surface area (Å²) in [6.45, 7) is 4.78. The third kappa shape index (κ3) is 2.29. The van der Waals surface area contributed by atoms with Gasteiger partial charge in [-0.3, -0.25) is 4.98 Å². The smallest absolute Gasteiger partial charge is 0.169 e. The van der Waals surface area contributed by atoms with E-state index in [0.717, 1.165) is 24.7 Å². The van der Waals surface area contributed by atoms with Gasteiger partial charge in [-0.05, 0) is 42.9 Å². The van der Waals surface area contributed by atoms with Gasteiger partial charge in [-0.1, -0.05) is 6.07 Å². The molecular weight excluding hydrogens is 268 g/mol. The average molecular weight is 286 g/mol. The number of hydrogen-bond donors (Lipinski definition) is 1. The van der Waals surface area contributed by atoms with Gasteiger partial charge in [-0.25, -0.2) is 0 Å². The van der Waals surface area contributed by atoms with E-state index in [1.165, 1.54) is 11.3 Å². The molecule has 104 valence electrons. The topological polar surface area (TPSA) is 33.1 Å². The highest BCUT2D eigenvalue weighted by Crippen LogP contribution is 2.31. The van der Waals surface area contributed by atoms with Crippen molar-refractivity contribution < 1.29 is 0 Å². The number of nitrogens with one attached hydrogen (secondary N) is 1. The van der Waals surface area contributed by atoms with Crippen LogP contribution >= 0.6 is 12.2 Å². The van der Waals surface area contributed by atoms with E-state index in [0.29, 0.717) is 0 Å². The second kappa shape index (κ2) is 5.63. The first-order valence-corrected chi connectivity index (χ1v) is 7.31. The first kappa shape index (κ1) is 13.1. The Bertz CT molecular complexity index is 593. The predicted molar refractivity (Wildman–Crippen MR) is 83.5 cm³/mol. The lowest BCUT2D eigenvalue weighted by Crippen LogP contribution is -2.47. The molecule has 0 amide bonds. The van der Waals surface area contributed by atoms with Crippen molar-refractivity contribution in [2.75, 3.05) is 13.1 Å². The van der Waals surface area contributed by atoms with Crippen molar-refractivity contribution in [3.05, 3.63) is 54.1 Å². The lowest BCUT2D eigenvalue weighted by atomic mass is 10.0. The first-order valence-electron chi connectivity index (χ1n) is 6.90. The highest BCUT2D eigenvalue weighted by Gasteiger charge is 2.30. The molecule has 1 atom stereocenters. The normalized spacial score (nSPS) is 17.6. The van der Waals surface area contributed by atoms with Crippen molar-refractivity contribution in [3.8, 4) is 0 Å². The van der Waals surface area contributed by atoms with E-state index in [2.05, 4.69) is 51.1 Å². The molecule has 0 fully saturated rings. The lowest BCUT2D eigenvalue weighted by molar-refractivity contribution is 0.286. The Morgan fingerprint density at radius 1 is 1.40 bits per heavy atom. The molecule has 0 spiro atoms. The Morgan fingerprint density at radius 2 is 2.30 bits per heavy atom. The second-order valence-corrected chi connectivity index (χ2v) is 5.23. The molecule has 1 aliphatic heterocycles. The number of thiocarbonyl (C=S) groups is 1. The molecule has 0 radical (unpaired) electrons. The van der Waals surface area contributed by atoms with E-state index in [1.54, 1.807) is 6.20 Å². The van der Waals surface area contributed by atoms with Crippen LogP contribution in [-0.4, -0.2) is 32.7 Å². The lowest BCUT2D eigenvalue weighted by Gasteiger charge is -2.38. The van der Waals surface area contributed by atoms with Gasteiger partial charge in [0.2, 0.25) is 0 Å². The molecule has 3 heterocycles. The third-order valence-corrected chi connectivity index (χ3v) is 4.01.